The Kier molecular flexibility index (Phi) is 7.57. The standard InChI is InChI=1S/C31H31ClFN5O4/c1-18(39)42-6-5-19-12-31(13-19)14-25(15-31)35-30(40)27-10-22(32)7-21-16-34-38(29(21)27)17-24-3-4-28(37-36-24)20-8-23(33)11-26(9-20)41-2/h3-4,7-11,16,19,25H,5-6,12-15,17H2,1-2H3,(H,35,40). The second kappa shape index (κ2) is 11.3. The number of amides is 1. The van der Waals surface area contributed by atoms with Crippen molar-refractivity contribution in [2.75, 3.05) is 13.7 Å². The molecule has 11 heteroatoms. The average Bonchev–Trinajstić information content (AvgIpc) is 3.31. The van der Waals surface area contributed by atoms with E-state index in [-0.39, 0.29) is 24.5 Å². The average molecular weight is 592 g/mol. The van der Waals surface area contributed by atoms with Gasteiger partial charge in [-0.1, -0.05) is 11.6 Å². The number of hydrogen-bond donors (Lipinski definition) is 1. The highest BCUT2D eigenvalue weighted by Crippen LogP contribution is 2.59. The van der Waals surface area contributed by atoms with Gasteiger partial charge < -0.3 is 14.8 Å². The van der Waals surface area contributed by atoms with Crippen LogP contribution in [0.25, 0.3) is 22.2 Å². The third kappa shape index (κ3) is 5.81. The van der Waals surface area contributed by atoms with E-state index in [9.17, 15) is 14.0 Å². The molecule has 6 rings (SSSR count). The predicted molar refractivity (Wildman–Crippen MR) is 155 cm³/mol. The van der Waals surface area contributed by atoms with Gasteiger partial charge in [-0.3, -0.25) is 14.3 Å². The number of fused-ring (bicyclic) bond motifs is 1. The van der Waals surface area contributed by atoms with Crippen LogP contribution in [0.15, 0.2) is 48.7 Å². The van der Waals surface area contributed by atoms with Gasteiger partial charge >= 0.3 is 5.97 Å². The van der Waals surface area contributed by atoms with Crippen LogP contribution in [0.5, 0.6) is 5.75 Å². The molecule has 1 amide bonds. The van der Waals surface area contributed by atoms with Crippen molar-refractivity contribution in [1.82, 2.24) is 25.3 Å². The SMILES string of the molecule is COc1cc(F)cc(-c2ccc(Cn3ncc4cc(Cl)cc(C(=O)NC5CC6(CC(CCOC(C)=O)C6)C5)c43)nn2)c1. The van der Waals surface area contributed by atoms with Crippen molar-refractivity contribution in [3.05, 3.63) is 70.8 Å². The minimum atomic E-state index is -0.423. The number of rotatable bonds is 9. The molecule has 2 aromatic carbocycles. The summed E-state index contributed by atoms with van der Waals surface area (Å²) in [4.78, 5) is 24.4. The van der Waals surface area contributed by atoms with Crippen molar-refractivity contribution < 1.29 is 23.5 Å². The maximum Gasteiger partial charge on any atom is 0.302 e. The lowest BCUT2D eigenvalue weighted by Crippen LogP contribution is -2.56. The summed E-state index contributed by atoms with van der Waals surface area (Å²) >= 11 is 6.38. The molecular weight excluding hydrogens is 561 g/mol. The highest BCUT2D eigenvalue weighted by Gasteiger charge is 2.52. The first-order valence-electron chi connectivity index (χ1n) is 14.0. The van der Waals surface area contributed by atoms with E-state index in [4.69, 9.17) is 21.1 Å². The van der Waals surface area contributed by atoms with E-state index in [0.29, 0.717) is 56.7 Å². The molecule has 2 saturated carbocycles. The van der Waals surface area contributed by atoms with Crippen LogP contribution < -0.4 is 10.1 Å². The first-order chi connectivity index (χ1) is 20.2. The minimum Gasteiger partial charge on any atom is -0.497 e. The fourth-order valence-corrected chi connectivity index (χ4v) is 6.72. The van der Waals surface area contributed by atoms with Gasteiger partial charge in [0.2, 0.25) is 0 Å². The molecule has 2 aromatic heterocycles. The van der Waals surface area contributed by atoms with Gasteiger partial charge in [0.15, 0.2) is 0 Å². The van der Waals surface area contributed by atoms with Crippen molar-refractivity contribution in [1.29, 1.82) is 0 Å². The highest BCUT2D eigenvalue weighted by atomic mass is 35.5. The van der Waals surface area contributed by atoms with E-state index in [0.717, 1.165) is 37.5 Å². The number of carbonyl (C=O) groups excluding carboxylic acids is 2. The van der Waals surface area contributed by atoms with E-state index in [1.807, 2.05) is 0 Å². The summed E-state index contributed by atoms with van der Waals surface area (Å²) in [6.07, 6.45) is 6.70. The second-order valence-electron chi connectivity index (χ2n) is 11.5. The Labute approximate surface area is 247 Å². The lowest BCUT2D eigenvalue weighted by atomic mass is 9.49. The summed E-state index contributed by atoms with van der Waals surface area (Å²) in [6, 6.07) is 11.5. The molecule has 2 fully saturated rings. The lowest BCUT2D eigenvalue weighted by Gasteiger charge is -2.58. The Morgan fingerprint density at radius 3 is 2.64 bits per heavy atom. The largest absolute Gasteiger partial charge is 0.497 e. The number of aromatic nitrogens is 4. The van der Waals surface area contributed by atoms with Crippen LogP contribution in [0.3, 0.4) is 0 Å². The maximum absolute atomic E-state index is 14.0. The summed E-state index contributed by atoms with van der Waals surface area (Å²) in [5.41, 5.74) is 3.12. The zero-order valence-electron chi connectivity index (χ0n) is 23.4. The molecule has 218 valence electrons. The first-order valence-corrected chi connectivity index (χ1v) is 14.3. The third-order valence-corrected chi connectivity index (χ3v) is 8.56. The van der Waals surface area contributed by atoms with Crippen LogP contribution in [0.4, 0.5) is 4.39 Å². The summed E-state index contributed by atoms with van der Waals surface area (Å²) < 4.78 is 25.9. The fourth-order valence-electron chi connectivity index (χ4n) is 6.49. The molecule has 42 heavy (non-hydrogen) atoms. The van der Waals surface area contributed by atoms with Crippen LogP contribution in [-0.4, -0.2) is 51.6 Å². The predicted octanol–water partition coefficient (Wildman–Crippen LogP) is 5.58. The number of benzene rings is 2. The molecule has 2 heterocycles. The number of esters is 1. The molecule has 9 nitrogen and oxygen atoms in total. The number of halogens is 2. The van der Waals surface area contributed by atoms with E-state index >= 15 is 0 Å². The van der Waals surface area contributed by atoms with Gasteiger partial charge in [0.05, 0.1) is 48.9 Å². The molecule has 0 atom stereocenters. The van der Waals surface area contributed by atoms with Gasteiger partial charge in [0.1, 0.15) is 11.6 Å². The van der Waals surface area contributed by atoms with Crippen LogP contribution in [-0.2, 0) is 16.1 Å². The van der Waals surface area contributed by atoms with Crippen LogP contribution in [0.2, 0.25) is 5.02 Å². The Hall–Kier alpha value is -4.05. The number of nitrogens with one attached hydrogen (secondary N) is 1. The fraction of sp³-hybridized carbons (Fsp3) is 0.387. The minimum absolute atomic E-state index is 0.109. The monoisotopic (exact) mass is 591 g/mol. The van der Waals surface area contributed by atoms with Crippen molar-refractivity contribution in [2.45, 2.75) is 51.6 Å². The zero-order chi connectivity index (χ0) is 29.4. The first kappa shape index (κ1) is 28.1. The van der Waals surface area contributed by atoms with E-state index < -0.39 is 5.82 Å². The second-order valence-corrected chi connectivity index (χ2v) is 11.9. The number of ether oxygens (including phenoxy) is 2. The summed E-state index contributed by atoms with van der Waals surface area (Å²) in [5.74, 6) is 0.134. The van der Waals surface area contributed by atoms with Crippen LogP contribution in [0, 0.1) is 17.2 Å². The molecule has 1 N–H and O–H groups in total. The quantitative estimate of drug-likeness (QED) is 0.253. The third-order valence-electron chi connectivity index (χ3n) is 8.35. The van der Waals surface area contributed by atoms with Crippen LogP contribution >= 0.6 is 11.6 Å². The van der Waals surface area contributed by atoms with Crippen molar-refractivity contribution >= 4 is 34.4 Å². The maximum atomic E-state index is 14.0. The van der Waals surface area contributed by atoms with Gasteiger partial charge in [-0.2, -0.15) is 15.3 Å². The summed E-state index contributed by atoms with van der Waals surface area (Å²) in [7, 11) is 1.48. The molecular formula is C31H31ClFN5O4. The van der Waals surface area contributed by atoms with Crippen LogP contribution in [0.1, 0.15) is 55.1 Å². The van der Waals surface area contributed by atoms with E-state index in [1.165, 1.54) is 26.2 Å². The summed E-state index contributed by atoms with van der Waals surface area (Å²) in [6.45, 7) is 2.20. The van der Waals surface area contributed by atoms with Crippen molar-refractivity contribution in [3.63, 3.8) is 0 Å². The Balaban J connectivity index is 1.12. The summed E-state index contributed by atoms with van der Waals surface area (Å²) in [5, 5.41) is 17.5. The highest BCUT2D eigenvalue weighted by molar-refractivity contribution is 6.32. The normalized spacial score (nSPS) is 21.0. The Morgan fingerprint density at radius 2 is 1.93 bits per heavy atom. The number of carbonyl (C=O) groups is 2. The van der Waals surface area contributed by atoms with E-state index in [2.05, 4.69) is 20.6 Å². The lowest BCUT2D eigenvalue weighted by molar-refractivity contribution is -0.142. The van der Waals surface area contributed by atoms with E-state index in [1.54, 1.807) is 41.2 Å². The molecule has 0 aliphatic heterocycles. The Bertz CT molecular complexity index is 1640. The van der Waals surface area contributed by atoms with Gasteiger partial charge in [0.25, 0.3) is 5.91 Å². The van der Waals surface area contributed by atoms with Gasteiger partial charge in [-0.05, 0) is 79.8 Å². The molecule has 0 radical (unpaired) electrons. The number of nitrogens with zero attached hydrogens (tertiary/aromatic N) is 4. The number of hydrogen-bond acceptors (Lipinski definition) is 7. The van der Waals surface area contributed by atoms with Crippen molar-refractivity contribution in [2.24, 2.45) is 11.3 Å². The smallest absolute Gasteiger partial charge is 0.302 e. The van der Waals surface area contributed by atoms with Gasteiger partial charge in [0, 0.05) is 35.0 Å². The molecule has 2 aliphatic rings. The molecule has 2 aliphatic carbocycles. The van der Waals surface area contributed by atoms with Gasteiger partial charge in [-0.15, -0.1) is 0 Å². The molecule has 0 unspecified atom stereocenters. The molecule has 0 saturated heterocycles. The molecule has 4 aromatic rings. The van der Waals surface area contributed by atoms with Crippen molar-refractivity contribution in [3.8, 4) is 17.0 Å². The number of methoxy groups -OCH3 is 1. The molecule has 0 bridgehead atoms. The van der Waals surface area contributed by atoms with Gasteiger partial charge in [-0.25, -0.2) is 4.39 Å². The Morgan fingerprint density at radius 1 is 1.12 bits per heavy atom. The molecule has 1 spiro atoms. The topological polar surface area (TPSA) is 108 Å². The zero-order valence-corrected chi connectivity index (χ0v) is 24.2.